The molecule has 5 aliphatic rings. The van der Waals surface area contributed by atoms with Crippen LogP contribution in [0.1, 0.15) is 63.0 Å². The number of piperidine rings is 1. The number of likely N-dealkylation sites (N-methyl/N-ethyl adjacent to an activating group) is 2. The molecule has 2 bridgehead atoms. The molecule has 1 aromatic carbocycles. The number of rotatable bonds is 12. The van der Waals surface area contributed by atoms with Gasteiger partial charge in [-0.3, -0.25) is 26.0 Å². The van der Waals surface area contributed by atoms with E-state index in [1.54, 1.807) is 7.05 Å². The summed E-state index contributed by atoms with van der Waals surface area (Å²) in [5.41, 5.74) is 12.4. The number of nitrogens with zero attached hydrogens (tertiary/aromatic N) is 2. The van der Waals surface area contributed by atoms with Gasteiger partial charge in [0.25, 0.3) is 0 Å². The van der Waals surface area contributed by atoms with E-state index in [1.807, 2.05) is 12.1 Å². The Hall–Kier alpha value is -3.84. The first-order chi connectivity index (χ1) is 22.3. The minimum Gasteiger partial charge on any atom is -0.481 e. The zero-order valence-electron chi connectivity index (χ0n) is 27.9. The number of quaternary nitrogens is 1. The van der Waals surface area contributed by atoms with Crippen LogP contribution in [0.5, 0.6) is 11.5 Å². The molecule has 1 aromatic rings. The molecule has 3 aliphatic carbocycles. The fourth-order valence-corrected chi connectivity index (χ4v) is 8.92. The van der Waals surface area contributed by atoms with Crippen molar-refractivity contribution in [2.75, 3.05) is 46.8 Å². The lowest BCUT2D eigenvalue weighted by molar-refractivity contribution is -0.950. The van der Waals surface area contributed by atoms with E-state index in [0.29, 0.717) is 43.7 Å². The Kier molecular flexibility index (Phi) is 8.67. The molecule has 13 nitrogen and oxygen atoms in total. The van der Waals surface area contributed by atoms with Gasteiger partial charge in [0, 0.05) is 51.4 Å². The second kappa shape index (κ2) is 12.3. The largest absolute Gasteiger partial charge is 0.481 e. The number of benzene rings is 1. The van der Waals surface area contributed by atoms with Crippen LogP contribution in [0.25, 0.3) is 0 Å². The third-order valence-electron chi connectivity index (χ3n) is 11.4. The SMILES string of the molecule is C=C1CC[C@@]2(O)[C@@H]3Cc4ccc(OC(=O)N(C)CCNC(=O)[C@H](CCC[NH+]=C(N)N)NC(C)=O)c5c4[C@@]2(CC[N+]3(C)CC2CC2)[C@H]1O5. The molecule has 3 amide bonds. The van der Waals surface area contributed by atoms with Gasteiger partial charge in [-0.05, 0) is 55.7 Å². The zero-order chi connectivity index (χ0) is 33.7. The molecule has 2 saturated carbocycles. The number of likely N-dealkylation sites (tertiary alicyclic amines) is 1. The quantitative estimate of drug-likeness (QED) is 0.0554. The van der Waals surface area contributed by atoms with Gasteiger partial charge >= 0.3 is 12.1 Å². The lowest BCUT2D eigenvalue weighted by Gasteiger charge is -2.65. The molecule has 6 atom stereocenters. The number of carbonyl (C=O) groups excluding carboxylic acids is 3. The third kappa shape index (κ3) is 5.81. The molecule has 1 unspecified atom stereocenters. The zero-order valence-corrected chi connectivity index (χ0v) is 27.9. The van der Waals surface area contributed by atoms with E-state index < -0.39 is 23.2 Å². The van der Waals surface area contributed by atoms with E-state index in [0.717, 1.165) is 53.0 Å². The summed E-state index contributed by atoms with van der Waals surface area (Å²) >= 11 is 0. The van der Waals surface area contributed by atoms with Gasteiger partial charge in [0.1, 0.15) is 23.8 Å². The lowest BCUT2D eigenvalue weighted by Crippen LogP contribution is -2.80. The number of nitrogens with two attached hydrogens (primary N) is 2. The Morgan fingerprint density at radius 3 is 2.74 bits per heavy atom. The van der Waals surface area contributed by atoms with Gasteiger partial charge in [-0.25, -0.2) is 4.79 Å². The van der Waals surface area contributed by atoms with Crippen LogP contribution in [0.2, 0.25) is 0 Å². The summed E-state index contributed by atoms with van der Waals surface area (Å²) in [4.78, 5) is 41.9. The van der Waals surface area contributed by atoms with Crippen molar-refractivity contribution in [1.29, 1.82) is 0 Å². The van der Waals surface area contributed by atoms with E-state index in [2.05, 4.69) is 29.3 Å². The highest BCUT2D eigenvalue weighted by atomic mass is 16.6. The number of nitrogens with one attached hydrogen (secondary N) is 3. The number of guanidine groups is 1. The van der Waals surface area contributed by atoms with Gasteiger partial charge in [-0.15, -0.1) is 0 Å². The summed E-state index contributed by atoms with van der Waals surface area (Å²) in [5, 5.41) is 18.2. The number of ether oxygens (including phenoxy) is 2. The van der Waals surface area contributed by atoms with Crippen molar-refractivity contribution >= 4 is 23.9 Å². The van der Waals surface area contributed by atoms with Crippen molar-refractivity contribution in [2.24, 2.45) is 17.4 Å². The molecule has 6 rings (SSSR count). The number of amides is 3. The summed E-state index contributed by atoms with van der Waals surface area (Å²) in [6, 6.07) is 3.20. The number of hydrogen-bond acceptors (Lipinski definition) is 6. The summed E-state index contributed by atoms with van der Waals surface area (Å²) in [6.07, 6.45) is 5.46. The van der Waals surface area contributed by atoms with Gasteiger partial charge < -0.3 is 34.6 Å². The standard InChI is InChI=1S/C34H49N7O6/c1-20-11-12-34(45)26-18-23-9-10-25(28-27(23)33(34,29(20)47-28)13-17-41(26,4)19-22-7-8-22)46-32(44)40(3)16-15-37-30(43)24(39-21(2)42)6-5-14-38-31(35)36/h9-10,22,24,26,29,45H,1,5-8,11-19H2,2-4H3,(H5-,35,36,37,38,39,42,43)/p+2/t24-,26-,29-,33-,34+,41?/m0/s1. The Morgan fingerprint density at radius 1 is 1.28 bits per heavy atom. The summed E-state index contributed by atoms with van der Waals surface area (Å²) in [6.45, 7) is 8.62. The Bertz CT molecular complexity index is 1490. The number of aliphatic hydroxyl groups is 1. The van der Waals surface area contributed by atoms with Crippen molar-refractivity contribution in [3.8, 4) is 11.5 Å². The van der Waals surface area contributed by atoms with Crippen LogP contribution in [0.15, 0.2) is 24.3 Å². The van der Waals surface area contributed by atoms with E-state index in [1.165, 1.54) is 24.7 Å². The van der Waals surface area contributed by atoms with Crippen molar-refractivity contribution < 1.29 is 38.4 Å². The minimum atomic E-state index is -0.932. The van der Waals surface area contributed by atoms with Gasteiger partial charge in [0.2, 0.25) is 11.8 Å². The molecule has 47 heavy (non-hydrogen) atoms. The monoisotopic (exact) mass is 653 g/mol. The highest BCUT2D eigenvalue weighted by Crippen LogP contribution is 2.67. The summed E-state index contributed by atoms with van der Waals surface area (Å²) < 4.78 is 13.5. The van der Waals surface area contributed by atoms with Crippen LogP contribution in [-0.4, -0.2) is 109 Å². The van der Waals surface area contributed by atoms with Crippen LogP contribution < -0.4 is 36.6 Å². The molecule has 2 aliphatic heterocycles. The Morgan fingerprint density at radius 2 is 2.04 bits per heavy atom. The maximum atomic E-state index is 13.3. The predicted octanol–water partition coefficient (Wildman–Crippen LogP) is -0.863. The molecular formula is C34H51N7O6+2. The Labute approximate surface area is 276 Å². The summed E-state index contributed by atoms with van der Waals surface area (Å²) in [5.74, 6) is 1.04. The highest BCUT2D eigenvalue weighted by Gasteiger charge is 2.75. The van der Waals surface area contributed by atoms with Crippen molar-refractivity contribution in [2.45, 2.75) is 87.5 Å². The second-order valence-corrected chi connectivity index (χ2v) is 14.6. The van der Waals surface area contributed by atoms with Crippen molar-refractivity contribution in [3.63, 3.8) is 0 Å². The second-order valence-electron chi connectivity index (χ2n) is 14.6. The van der Waals surface area contributed by atoms with E-state index in [9.17, 15) is 19.5 Å². The normalized spacial score (nSPS) is 30.3. The maximum absolute atomic E-state index is 13.3. The molecule has 3 fully saturated rings. The van der Waals surface area contributed by atoms with Crippen molar-refractivity contribution in [1.82, 2.24) is 15.5 Å². The first-order valence-corrected chi connectivity index (χ1v) is 17.0. The minimum absolute atomic E-state index is 0.0781. The number of hydrogen-bond donors (Lipinski definition) is 6. The fraction of sp³-hybridized carbons (Fsp3) is 0.647. The molecule has 1 saturated heterocycles. The van der Waals surface area contributed by atoms with Crippen molar-refractivity contribution in [3.05, 3.63) is 35.4 Å². The topological polar surface area (TPSA) is 183 Å². The Balaban J connectivity index is 1.14. The van der Waals surface area contributed by atoms with E-state index >= 15 is 0 Å². The van der Waals surface area contributed by atoms with Crippen LogP contribution in [0, 0.1) is 5.92 Å². The average molecular weight is 654 g/mol. The molecule has 1 spiro atoms. The average Bonchev–Trinajstić information content (AvgIpc) is 3.74. The summed E-state index contributed by atoms with van der Waals surface area (Å²) in [7, 11) is 3.93. The third-order valence-corrected chi connectivity index (χ3v) is 11.4. The van der Waals surface area contributed by atoms with E-state index in [4.69, 9.17) is 20.9 Å². The fourth-order valence-electron chi connectivity index (χ4n) is 8.92. The molecule has 0 radical (unpaired) electrons. The smallest absolute Gasteiger partial charge is 0.415 e. The maximum Gasteiger partial charge on any atom is 0.415 e. The van der Waals surface area contributed by atoms with Gasteiger partial charge in [0.05, 0.1) is 32.1 Å². The highest BCUT2D eigenvalue weighted by molar-refractivity contribution is 5.86. The van der Waals surface area contributed by atoms with Gasteiger partial charge in [0.15, 0.2) is 11.5 Å². The molecule has 8 N–H and O–H groups in total. The first-order valence-electron chi connectivity index (χ1n) is 17.0. The lowest BCUT2D eigenvalue weighted by atomic mass is 9.48. The molecular weight excluding hydrogens is 602 g/mol. The van der Waals surface area contributed by atoms with Crippen LogP contribution in [-0.2, 0) is 21.4 Å². The van der Waals surface area contributed by atoms with Crippen LogP contribution in [0.3, 0.4) is 0 Å². The van der Waals surface area contributed by atoms with Gasteiger partial charge in [-0.2, -0.15) is 0 Å². The molecule has 13 heteroatoms. The molecule has 2 heterocycles. The number of carbonyl (C=O) groups is 3. The van der Waals surface area contributed by atoms with E-state index in [-0.39, 0.29) is 43.0 Å². The van der Waals surface area contributed by atoms with Crippen LogP contribution >= 0.6 is 0 Å². The van der Waals surface area contributed by atoms with Crippen LogP contribution in [0.4, 0.5) is 4.79 Å². The predicted molar refractivity (Wildman–Crippen MR) is 174 cm³/mol. The molecule has 0 aromatic heterocycles. The molecule has 256 valence electrons. The first kappa shape index (κ1) is 33.1. The van der Waals surface area contributed by atoms with Gasteiger partial charge in [-0.1, -0.05) is 12.6 Å².